The molecule has 0 aliphatic carbocycles. The third kappa shape index (κ3) is 2.42. The van der Waals surface area contributed by atoms with Gasteiger partial charge in [-0.3, -0.25) is 4.98 Å². The summed E-state index contributed by atoms with van der Waals surface area (Å²) in [6.07, 6.45) is -3.23. The quantitative estimate of drug-likeness (QED) is 0.736. The van der Waals surface area contributed by atoms with Gasteiger partial charge in [-0.2, -0.15) is 13.2 Å². The number of alkyl halides is 3. The molecule has 0 saturated carbocycles. The molecule has 72 valence electrons. The van der Waals surface area contributed by atoms with Gasteiger partial charge in [-0.25, -0.2) is 0 Å². The summed E-state index contributed by atoms with van der Waals surface area (Å²) in [4.78, 5) is 3.27. The van der Waals surface area contributed by atoms with E-state index in [0.717, 1.165) is 12.3 Å². The van der Waals surface area contributed by atoms with E-state index in [0.29, 0.717) is 5.56 Å². The summed E-state index contributed by atoms with van der Waals surface area (Å²) in [6.45, 7) is 1.68. The zero-order valence-corrected chi connectivity index (χ0v) is 6.97. The lowest BCUT2D eigenvalue weighted by molar-refractivity contribution is -0.141. The van der Waals surface area contributed by atoms with Crippen molar-refractivity contribution >= 4 is 0 Å². The van der Waals surface area contributed by atoms with Crippen molar-refractivity contribution in [2.45, 2.75) is 19.1 Å². The highest BCUT2D eigenvalue weighted by Gasteiger charge is 2.32. The molecule has 1 unspecified atom stereocenters. The minimum atomic E-state index is -4.38. The van der Waals surface area contributed by atoms with Crippen molar-refractivity contribution in [2.24, 2.45) is 5.73 Å². The molecule has 0 aromatic carbocycles. The summed E-state index contributed by atoms with van der Waals surface area (Å²) >= 11 is 0. The molecule has 0 fully saturated rings. The van der Waals surface area contributed by atoms with Gasteiger partial charge in [0.1, 0.15) is 5.69 Å². The number of halogens is 3. The summed E-state index contributed by atoms with van der Waals surface area (Å²) < 4.78 is 36.1. The molecule has 2 N–H and O–H groups in total. The average molecular weight is 190 g/mol. The van der Waals surface area contributed by atoms with E-state index in [4.69, 9.17) is 5.73 Å². The Labute approximate surface area is 73.6 Å². The van der Waals surface area contributed by atoms with Crippen LogP contribution in [-0.4, -0.2) is 4.98 Å². The molecule has 0 bridgehead atoms. The lowest BCUT2D eigenvalue weighted by Crippen LogP contribution is -2.10. The van der Waals surface area contributed by atoms with Crippen molar-refractivity contribution in [3.8, 4) is 0 Å². The Bertz CT molecular complexity index is 276. The van der Waals surface area contributed by atoms with E-state index >= 15 is 0 Å². The van der Waals surface area contributed by atoms with Crippen molar-refractivity contribution in [1.29, 1.82) is 0 Å². The molecular formula is C8H9F3N2. The van der Waals surface area contributed by atoms with Crippen molar-refractivity contribution in [3.63, 3.8) is 0 Å². The normalized spacial score (nSPS) is 14.2. The summed E-state index contributed by atoms with van der Waals surface area (Å²) in [5.41, 5.74) is 5.15. The first kappa shape index (κ1) is 9.98. The Morgan fingerprint density at radius 3 is 2.31 bits per heavy atom. The van der Waals surface area contributed by atoms with E-state index < -0.39 is 11.9 Å². The minimum absolute atomic E-state index is 0.296. The first-order valence-electron chi connectivity index (χ1n) is 3.70. The zero-order chi connectivity index (χ0) is 10.1. The summed E-state index contributed by atoms with van der Waals surface area (Å²) in [5, 5.41) is 0. The second kappa shape index (κ2) is 3.33. The molecule has 0 aliphatic heterocycles. The molecule has 0 amide bonds. The molecule has 0 radical (unpaired) electrons. The average Bonchev–Trinajstić information content (AvgIpc) is 2.03. The third-order valence-electron chi connectivity index (χ3n) is 1.60. The lowest BCUT2D eigenvalue weighted by atomic mass is 10.1. The zero-order valence-electron chi connectivity index (χ0n) is 6.97. The number of rotatable bonds is 1. The van der Waals surface area contributed by atoms with Gasteiger partial charge in [-0.15, -0.1) is 0 Å². The Morgan fingerprint density at radius 2 is 2.00 bits per heavy atom. The fraction of sp³-hybridized carbons (Fsp3) is 0.375. The van der Waals surface area contributed by atoms with Crippen LogP contribution >= 0.6 is 0 Å². The van der Waals surface area contributed by atoms with Crippen LogP contribution in [0.25, 0.3) is 0 Å². The summed E-state index contributed by atoms with van der Waals surface area (Å²) in [5.74, 6) is 0. The van der Waals surface area contributed by atoms with Crippen molar-refractivity contribution in [1.82, 2.24) is 4.98 Å². The number of nitrogens with zero attached hydrogens (tertiary/aromatic N) is 1. The molecule has 2 nitrogen and oxygen atoms in total. The van der Waals surface area contributed by atoms with Crippen LogP contribution in [0, 0.1) is 0 Å². The second-order valence-corrected chi connectivity index (χ2v) is 2.76. The van der Waals surface area contributed by atoms with Gasteiger partial charge in [0.15, 0.2) is 0 Å². The van der Waals surface area contributed by atoms with Crippen molar-refractivity contribution in [2.75, 3.05) is 0 Å². The van der Waals surface area contributed by atoms with E-state index in [1.165, 1.54) is 6.07 Å². The molecule has 13 heavy (non-hydrogen) atoms. The monoisotopic (exact) mass is 190 g/mol. The van der Waals surface area contributed by atoms with Crippen LogP contribution < -0.4 is 5.73 Å². The van der Waals surface area contributed by atoms with E-state index in [9.17, 15) is 13.2 Å². The SMILES string of the molecule is CC(N)c1ccc(C(F)(F)F)nc1. The van der Waals surface area contributed by atoms with Gasteiger partial charge >= 0.3 is 6.18 Å². The fourth-order valence-electron chi connectivity index (χ4n) is 0.842. The van der Waals surface area contributed by atoms with Gasteiger partial charge in [0.05, 0.1) is 0 Å². The molecule has 1 aromatic rings. The number of nitrogens with two attached hydrogens (primary N) is 1. The van der Waals surface area contributed by atoms with Crippen molar-refractivity contribution in [3.05, 3.63) is 29.6 Å². The summed E-state index contributed by atoms with van der Waals surface area (Å²) in [7, 11) is 0. The fourth-order valence-corrected chi connectivity index (χ4v) is 0.842. The van der Waals surface area contributed by atoms with Gasteiger partial charge in [-0.1, -0.05) is 6.07 Å². The van der Waals surface area contributed by atoms with Crippen LogP contribution in [0.1, 0.15) is 24.2 Å². The maximum Gasteiger partial charge on any atom is 0.433 e. The number of hydrogen-bond acceptors (Lipinski definition) is 2. The highest BCUT2D eigenvalue weighted by Crippen LogP contribution is 2.27. The van der Waals surface area contributed by atoms with Crippen LogP contribution in [0.2, 0.25) is 0 Å². The minimum Gasteiger partial charge on any atom is -0.324 e. The number of pyridine rings is 1. The Morgan fingerprint density at radius 1 is 1.38 bits per heavy atom. The molecule has 1 rings (SSSR count). The lowest BCUT2D eigenvalue weighted by Gasteiger charge is -2.08. The highest BCUT2D eigenvalue weighted by atomic mass is 19.4. The number of hydrogen-bond donors (Lipinski definition) is 1. The first-order valence-corrected chi connectivity index (χ1v) is 3.70. The molecule has 1 atom stereocenters. The van der Waals surface area contributed by atoms with Crippen LogP contribution in [-0.2, 0) is 6.18 Å². The van der Waals surface area contributed by atoms with E-state index in [1.807, 2.05) is 0 Å². The van der Waals surface area contributed by atoms with Gasteiger partial charge in [-0.05, 0) is 18.6 Å². The smallest absolute Gasteiger partial charge is 0.324 e. The Balaban J connectivity index is 2.94. The molecule has 1 heterocycles. The molecule has 0 aliphatic rings. The number of aromatic nitrogens is 1. The highest BCUT2D eigenvalue weighted by molar-refractivity contribution is 5.18. The topological polar surface area (TPSA) is 38.9 Å². The predicted octanol–water partition coefficient (Wildman–Crippen LogP) is 2.12. The standard InChI is InChI=1S/C8H9F3N2/c1-5(12)6-2-3-7(13-4-6)8(9,10)11/h2-5H,12H2,1H3. The summed E-state index contributed by atoms with van der Waals surface area (Å²) in [6, 6.07) is 1.97. The Hall–Kier alpha value is -1.10. The molecule has 0 spiro atoms. The van der Waals surface area contributed by atoms with E-state index in [-0.39, 0.29) is 6.04 Å². The molecule has 1 aromatic heterocycles. The van der Waals surface area contributed by atoms with Gasteiger partial charge in [0, 0.05) is 12.2 Å². The van der Waals surface area contributed by atoms with E-state index in [1.54, 1.807) is 6.92 Å². The van der Waals surface area contributed by atoms with Gasteiger partial charge in [0.25, 0.3) is 0 Å². The molecular weight excluding hydrogens is 181 g/mol. The van der Waals surface area contributed by atoms with E-state index in [2.05, 4.69) is 4.98 Å². The van der Waals surface area contributed by atoms with Crippen LogP contribution in [0.3, 0.4) is 0 Å². The maximum absolute atomic E-state index is 12.0. The van der Waals surface area contributed by atoms with Crippen molar-refractivity contribution < 1.29 is 13.2 Å². The van der Waals surface area contributed by atoms with Gasteiger partial charge < -0.3 is 5.73 Å². The van der Waals surface area contributed by atoms with Crippen LogP contribution in [0.15, 0.2) is 18.3 Å². The van der Waals surface area contributed by atoms with Crippen LogP contribution in [0.5, 0.6) is 0 Å². The predicted molar refractivity (Wildman–Crippen MR) is 41.8 cm³/mol. The largest absolute Gasteiger partial charge is 0.433 e. The maximum atomic E-state index is 12.0. The Kier molecular flexibility index (Phi) is 2.56. The molecule has 0 saturated heterocycles. The van der Waals surface area contributed by atoms with Gasteiger partial charge in [0.2, 0.25) is 0 Å². The second-order valence-electron chi connectivity index (χ2n) is 2.76. The van der Waals surface area contributed by atoms with Crippen LogP contribution in [0.4, 0.5) is 13.2 Å². The third-order valence-corrected chi connectivity index (χ3v) is 1.60. The molecule has 5 heteroatoms. The first-order chi connectivity index (χ1) is 5.91.